The van der Waals surface area contributed by atoms with E-state index in [-0.39, 0.29) is 22.4 Å². The lowest BCUT2D eigenvalue weighted by molar-refractivity contribution is -0.119. The molecule has 0 spiro atoms. The molecule has 1 heterocycles. The Balaban J connectivity index is 2.02. The molecule has 27 heavy (non-hydrogen) atoms. The van der Waals surface area contributed by atoms with Crippen molar-refractivity contribution in [1.82, 2.24) is 10.6 Å². The summed E-state index contributed by atoms with van der Waals surface area (Å²) in [6.07, 6.45) is 0.977. The zero-order chi connectivity index (χ0) is 20.2. The number of rotatable bonds is 6. The first kappa shape index (κ1) is 21.4. The number of carbonyl (C=O) groups excluding carboxylic acids is 2. The fraction of sp³-hybridized carbons (Fsp3) is 0.529. The van der Waals surface area contributed by atoms with Crippen molar-refractivity contribution in [3.63, 3.8) is 0 Å². The predicted molar refractivity (Wildman–Crippen MR) is 102 cm³/mol. The Morgan fingerprint density at radius 1 is 1.37 bits per heavy atom. The van der Waals surface area contributed by atoms with E-state index in [1.54, 1.807) is 0 Å². The summed E-state index contributed by atoms with van der Waals surface area (Å²) >= 11 is 5.71. The molecule has 1 aliphatic heterocycles. The number of urea groups is 1. The normalized spacial score (nSPS) is 20.5. The minimum absolute atomic E-state index is 0.0402. The van der Waals surface area contributed by atoms with Crippen LogP contribution in [-0.4, -0.2) is 43.9 Å². The van der Waals surface area contributed by atoms with Crippen LogP contribution in [0.1, 0.15) is 26.7 Å². The topological polar surface area (TPSA) is 104 Å². The highest BCUT2D eigenvalue weighted by Crippen LogP contribution is 2.20. The molecule has 7 nitrogen and oxygen atoms in total. The summed E-state index contributed by atoms with van der Waals surface area (Å²) in [6.45, 7) is 3.69. The Labute approximate surface area is 163 Å². The van der Waals surface area contributed by atoms with Gasteiger partial charge in [-0.1, -0.05) is 31.9 Å². The van der Waals surface area contributed by atoms with Crippen molar-refractivity contribution in [3.8, 4) is 0 Å². The zero-order valence-electron chi connectivity index (χ0n) is 15.1. The van der Waals surface area contributed by atoms with Gasteiger partial charge in [-0.25, -0.2) is 17.6 Å². The summed E-state index contributed by atoms with van der Waals surface area (Å²) in [4.78, 5) is 24.8. The van der Waals surface area contributed by atoms with E-state index in [1.165, 1.54) is 12.1 Å². The van der Waals surface area contributed by atoms with Crippen LogP contribution in [0.3, 0.4) is 0 Å². The number of nitrogens with one attached hydrogen (secondary N) is 3. The van der Waals surface area contributed by atoms with Gasteiger partial charge in [-0.2, -0.15) is 0 Å². The second-order valence-corrected chi connectivity index (χ2v) is 9.34. The average Bonchev–Trinajstić information content (AvgIpc) is 2.93. The van der Waals surface area contributed by atoms with Gasteiger partial charge in [-0.15, -0.1) is 0 Å². The minimum Gasteiger partial charge on any atom is -0.334 e. The fourth-order valence-corrected chi connectivity index (χ4v) is 4.63. The number of hydrogen-bond acceptors (Lipinski definition) is 4. The van der Waals surface area contributed by atoms with Crippen LogP contribution in [0, 0.1) is 11.7 Å². The Morgan fingerprint density at radius 3 is 2.63 bits per heavy atom. The van der Waals surface area contributed by atoms with E-state index >= 15 is 0 Å². The van der Waals surface area contributed by atoms with Crippen LogP contribution in [-0.2, 0) is 14.6 Å². The molecule has 0 aromatic heterocycles. The molecule has 0 radical (unpaired) electrons. The van der Waals surface area contributed by atoms with Gasteiger partial charge in [-0.3, -0.25) is 4.79 Å². The van der Waals surface area contributed by atoms with Crippen LogP contribution >= 0.6 is 11.6 Å². The summed E-state index contributed by atoms with van der Waals surface area (Å²) < 4.78 is 36.2. The summed E-state index contributed by atoms with van der Waals surface area (Å²) in [5.41, 5.74) is 0.309. The van der Waals surface area contributed by atoms with E-state index in [1.807, 2.05) is 13.8 Å². The van der Waals surface area contributed by atoms with Crippen molar-refractivity contribution in [1.29, 1.82) is 0 Å². The summed E-state index contributed by atoms with van der Waals surface area (Å²) in [7, 11) is -3.12. The van der Waals surface area contributed by atoms with E-state index in [4.69, 9.17) is 11.6 Å². The smallest absolute Gasteiger partial charge is 0.315 e. The van der Waals surface area contributed by atoms with Crippen molar-refractivity contribution in [3.05, 3.63) is 29.0 Å². The van der Waals surface area contributed by atoms with Crippen LogP contribution in [0.2, 0.25) is 5.02 Å². The fourth-order valence-electron chi connectivity index (χ4n) is 2.77. The Morgan fingerprint density at radius 2 is 2.07 bits per heavy atom. The summed E-state index contributed by atoms with van der Waals surface area (Å²) in [5.74, 6) is -1.31. The van der Waals surface area contributed by atoms with Crippen LogP contribution in [0.4, 0.5) is 14.9 Å². The lowest BCUT2D eigenvalue weighted by Gasteiger charge is -2.24. The molecular weight excluding hydrogens is 397 g/mol. The van der Waals surface area contributed by atoms with Gasteiger partial charge in [0.15, 0.2) is 9.84 Å². The molecule has 1 fully saturated rings. The van der Waals surface area contributed by atoms with Crippen molar-refractivity contribution >= 4 is 39.1 Å². The maximum absolute atomic E-state index is 13.2. The standard InChI is InChI=1S/C17H23ClFN3O4S/c1-3-10(2)15(16(23)20-11-4-5-14(19)13(18)8-11)22-17(24)21-12-6-7-27(25,26)9-12/h4-5,8,10,12,15H,3,6-7,9H2,1-2H3,(H,20,23)(H2,21,22,24). The Hall–Kier alpha value is -1.87. The number of carbonyl (C=O) groups is 2. The third kappa shape index (κ3) is 6.07. The van der Waals surface area contributed by atoms with E-state index in [0.29, 0.717) is 18.5 Å². The Bertz CT molecular complexity index is 818. The maximum atomic E-state index is 13.2. The highest BCUT2D eigenvalue weighted by atomic mass is 35.5. The quantitative estimate of drug-likeness (QED) is 0.658. The van der Waals surface area contributed by atoms with Crippen LogP contribution in [0.5, 0.6) is 0 Å². The largest absolute Gasteiger partial charge is 0.334 e. The molecular formula is C17H23ClFN3O4S. The molecule has 2 rings (SSSR count). The Kier molecular flexibility index (Phi) is 7.05. The van der Waals surface area contributed by atoms with Gasteiger partial charge in [0.1, 0.15) is 11.9 Å². The molecule has 3 atom stereocenters. The predicted octanol–water partition coefficient (Wildman–Crippen LogP) is 2.32. The number of amides is 3. The first-order valence-electron chi connectivity index (χ1n) is 8.64. The van der Waals surface area contributed by atoms with Crippen LogP contribution in [0.15, 0.2) is 18.2 Å². The lowest BCUT2D eigenvalue weighted by Crippen LogP contribution is -2.53. The van der Waals surface area contributed by atoms with Crippen LogP contribution < -0.4 is 16.0 Å². The van der Waals surface area contributed by atoms with Crippen LogP contribution in [0.25, 0.3) is 0 Å². The molecule has 3 amide bonds. The maximum Gasteiger partial charge on any atom is 0.315 e. The van der Waals surface area contributed by atoms with E-state index in [9.17, 15) is 22.4 Å². The van der Waals surface area contributed by atoms with Gasteiger partial charge in [-0.05, 0) is 30.5 Å². The number of halogens is 2. The molecule has 0 aliphatic carbocycles. The monoisotopic (exact) mass is 419 g/mol. The number of anilines is 1. The van der Waals surface area contributed by atoms with Gasteiger partial charge >= 0.3 is 6.03 Å². The number of hydrogen-bond donors (Lipinski definition) is 3. The third-order valence-corrected chi connectivity index (χ3v) is 6.59. The number of benzene rings is 1. The van der Waals surface area contributed by atoms with Crippen molar-refractivity contribution in [2.45, 2.75) is 38.8 Å². The molecule has 0 bridgehead atoms. The highest BCUT2D eigenvalue weighted by molar-refractivity contribution is 7.91. The molecule has 0 saturated carbocycles. The molecule has 10 heteroatoms. The molecule has 1 aromatic carbocycles. The average molecular weight is 420 g/mol. The zero-order valence-corrected chi connectivity index (χ0v) is 16.7. The second-order valence-electron chi connectivity index (χ2n) is 6.70. The van der Waals surface area contributed by atoms with Gasteiger partial charge in [0.25, 0.3) is 0 Å². The molecule has 1 aliphatic rings. The second kappa shape index (κ2) is 8.88. The minimum atomic E-state index is -3.12. The lowest BCUT2D eigenvalue weighted by atomic mass is 9.98. The van der Waals surface area contributed by atoms with Crippen molar-refractivity contribution in [2.24, 2.45) is 5.92 Å². The molecule has 150 valence electrons. The summed E-state index contributed by atoms with van der Waals surface area (Å²) in [6, 6.07) is 1.87. The van der Waals surface area contributed by atoms with E-state index in [0.717, 1.165) is 6.07 Å². The van der Waals surface area contributed by atoms with Gasteiger partial charge in [0.2, 0.25) is 5.91 Å². The highest BCUT2D eigenvalue weighted by Gasteiger charge is 2.31. The van der Waals surface area contributed by atoms with Gasteiger partial charge < -0.3 is 16.0 Å². The third-order valence-electron chi connectivity index (χ3n) is 4.54. The van der Waals surface area contributed by atoms with Gasteiger partial charge in [0, 0.05) is 11.7 Å². The summed E-state index contributed by atoms with van der Waals surface area (Å²) in [5, 5.41) is 7.69. The van der Waals surface area contributed by atoms with E-state index < -0.39 is 39.7 Å². The SMILES string of the molecule is CCC(C)C(NC(=O)NC1CCS(=O)(=O)C1)C(=O)Nc1ccc(F)c(Cl)c1. The first-order valence-corrected chi connectivity index (χ1v) is 10.8. The molecule has 3 unspecified atom stereocenters. The number of sulfone groups is 1. The molecule has 1 saturated heterocycles. The van der Waals surface area contributed by atoms with E-state index in [2.05, 4.69) is 16.0 Å². The van der Waals surface area contributed by atoms with Crippen molar-refractivity contribution < 1.29 is 22.4 Å². The van der Waals surface area contributed by atoms with Gasteiger partial charge in [0.05, 0.1) is 16.5 Å². The molecule has 1 aromatic rings. The molecule has 3 N–H and O–H groups in total. The first-order chi connectivity index (χ1) is 12.6. The van der Waals surface area contributed by atoms with Crippen molar-refractivity contribution in [2.75, 3.05) is 16.8 Å².